The highest BCUT2D eigenvalue weighted by atomic mass is 16.6. The summed E-state index contributed by atoms with van der Waals surface area (Å²) in [5.74, 6) is 0.832. The zero-order valence-corrected chi connectivity index (χ0v) is 12.5. The van der Waals surface area contributed by atoms with Crippen LogP contribution in [0.15, 0.2) is 12.1 Å². The Morgan fingerprint density at radius 1 is 1.30 bits per heavy atom. The number of carbonyl (C=O) groups excluding carboxylic acids is 1. The smallest absolute Gasteiger partial charge is 0.410 e. The summed E-state index contributed by atoms with van der Waals surface area (Å²) < 4.78 is 10.8. The molecular weight excluding hydrogens is 256 g/mol. The van der Waals surface area contributed by atoms with Crippen LogP contribution < -0.4 is 10.5 Å². The molecule has 2 rings (SSSR count). The molecule has 1 aliphatic heterocycles. The zero-order chi connectivity index (χ0) is 14.9. The average Bonchev–Trinajstić information content (AvgIpc) is 2.37. The van der Waals surface area contributed by atoms with Crippen molar-refractivity contribution in [3.63, 3.8) is 0 Å². The van der Waals surface area contributed by atoms with E-state index < -0.39 is 5.60 Å². The zero-order valence-electron chi connectivity index (χ0n) is 12.5. The standard InChI is InChI=1S/C15H22N2O3/c1-15(2,3)20-14(18)17-8-7-10-11(9-17)12(16)5-6-13(10)19-4/h5-6H,7-9,16H2,1-4H3. The lowest BCUT2D eigenvalue weighted by molar-refractivity contribution is 0.0224. The molecular formula is C15H22N2O3. The fourth-order valence-electron chi connectivity index (χ4n) is 2.34. The first-order chi connectivity index (χ1) is 9.31. The number of methoxy groups -OCH3 is 1. The average molecular weight is 278 g/mol. The van der Waals surface area contributed by atoms with Gasteiger partial charge in [-0.25, -0.2) is 4.79 Å². The van der Waals surface area contributed by atoms with Crippen molar-refractivity contribution in [2.24, 2.45) is 0 Å². The van der Waals surface area contributed by atoms with Crippen molar-refractivity contribution in [3.05, 3.63) is 23.3 Å². The number of hydrogen-bond donors (Lipinski definition) is 1. The van der Waals surface area contributed by atoms with Gasteiger partial charge in [-0.1, -0.05) is 0 Å². The van der Waals surface area contributed by atoms with Crippen molar-refractivity contribution in [1.29, 1.82) is 0 Å². The third kappa shape index (κ3) is 2.98. The molecule has 0 saturated carbocycles. The molecule has 0 atom stereocenters. The third-order valence-electron chi connectivity index (χ3n) is 3.28. The van der Waals surface area contributed by atoms with Crippen LogP contribution in [0.2, 0.25) is 0 Å². The summed E-state index contributed by atoms with van der Waals surface area (Å²) in [4.78, 5) is 13.8. The van der Waals surface area contributed by atoms with Crippen LogP contribution in [-0.2, 0) is 17.7 Å². The molecule has 1 amide bonds. The highest BCUT2D eigenvalue weighted by Crippen LogP contribution is 2.32. The molecule has 1 aromatic carbocycles. The minimum absolute atomic E-state index is 0.301. The van der Waals surface area contributed by atoms with Gasteiger partial charge in [-0.15, -0.1) is 0 Å². The number of hydrogen-bond acceptors (Lipinski definition) is 4. The van der Waals surface area contributed by atoms with Crippen LogP contribution in [0.5, 0.6) is 5.75 Å². The lowest BCUT2D eigenvalue weighted by Gasteiger charge is -2.32. The minimum Gasteiger partial charge on any atom is -0.496 e. The van der Waals surface area contributed by atoms with Crippen LogP contribution in [-0.4, -0.2) is 30.2 Å². The van der Waals surface area contributed by atoms with Gasteiger partial charge < -0.3 is 20.1 Å². The fraction of sp³-hybridized carbons (Fsp3) is 0.533. The van der Waals surface area contributed by atoms with E-state index in [9.17, 15) is 4.79 Å². The molecule has 5 nitrogen and oxygen atoms in total. The Morgan fingerprint density at radius 3 is 2.60 bits per heavy atom. The molecule has 1 heterocycles. The van der Waals surface area contributed by atoms with E-state index in [1.165, 1.54) is 0 Å². The summed E-state index contributed by atoms with van der Waals surface area (Å²) >= 11 is 0. The third-order valence-corrected chi connectivity index (χ3v) is 3.28. The van der Waals surface area contributed by atoms with Crippen molar-refractivity contribution < 1.29 is 14.3 Å². The number of carbonyl (C=O) groups is 1. The SMILES string of the molecule is COc1ccc(N)c2c1CCN(C(=O)OC(C)(C)C)C2. The van der Waals surface area contributed by atoms with Crippen LogP contribution in [0.25, 0.3) is 0 Å². The van der Waals surface area contributed by atoms with Crippen molar-refractivity contribution in [3.8, 4) is 5.75 Å². The maximum Gasteiger partial charge on any atom is 0.410 e. The Labute approximate surface area is 119 Å². The summed E-state index contributed by atoms with van der Waals surface area (Å²) in [6.45, 7) is 6.66. The molecule has 0 fully saturated rings. The van der Waals surface area contributed by atoms with Crippen molar-refractivity contribution in [2.75, 3.05) is 19.4 Å². The number of nitrogens with zero attached hydrogens (tertiary/aromatic N) is 1. The van der Waals surface area contributed by atoms with Crippen LogP contribution in [0.3, 0.4) is 0 Å². The summed E-state index contributed by atoms with van der Waals surface area (Å²) in [7, 11) is 1.64. The Morgan fingerprint density at radius 2 is 2.00 bits per heavy atom. The lowest BCUT2D eigenvalue weighted by atomic mass is 9.97. The van der Waals surface area contributed by atoms with Gasteiger partial charge in [0.2, 0.25) is 0 Å². The second kappa shape index (κ2) is 5.23. The first-order valence-electron chi connectivity index (χ1n) is 6.74. The van der Waals surface area contributed by atoms with Crippen molar-refractivity contribution >= 4 is 11.8 Å². The second-order valence-electron chi connectivity index (χ2n) is 5.97. The van der Waals surface area contributed by atoms with E-state index in [-0.39, 0.29) is 6.09 Å². The summed E-state index contributed by atoms with van der Waals surface area (Å²) in [6.07, 6.45) is 0.424. The number of rotatable bonds is 1. The Kier molecular flexibility index (Phi) is 3.79. The molecule has 0 spiro atoms. The molecule has 0 aliphatic carbocycles. The van der Waals surface area contributed by atoms with E-state index >= 15 is 0 Å². The van der Waals surface area contributed by atoms with Gasteiger partial charge in [-0.05, 0) is 39.3 Å². The Bertz CT molecular complexity index is 521. The van der Waals surface area contributed by atoms with Gasteiger partial charge in [0.1, 0.15) is 11.4 Å². The van der Waals surface area contributed by atoms with Crippen LogP contribution in [0.1, 0.15) is 31.9 Å². The lowest BCUT2D eigenvalue weighted by Crippen LogP contribution is -2.40. The largest absolute Gasteiger partial charge is 0.496 e. The monoisotopic (exact) mass is 278 g/mol. The number of nitrogen functional groups attached to an aromatic ring is 1. The maximum absolute atomic E-state index is 12.1. The van der Waals surface area contributed by atoms with Crippen LogP contribution in [0.4, 0.5) is 10.5 Å². The van der Waals surface area contributed by atoms with Crippen LogP contribution in [0, 0.1) is 0 Å². The number of anilines is 1. The Balaban J connectivity index is 2.21. The molecule has 0 unspecified atom stereocenters. The number of nitrogens with two attached hydrogens (primary N) is 1. The number of fused-ring (bicyclic) bond motifs is 1. The molecule has 1 aromatic rings. The second-order valence-corrected chi connectivity index (χ2v) is 5.97. The molecule has 110 valence electrons. The summed E-state index contributed by atoms with van der Waals surface area (Å²) in [6, 6.07) is 3.69. The molecule has 0 saturated heterocycles. The predicted octanol–water partition coefficient (Wildman–Crippen LogP) is 2.57. The normalized spacial score (nSPS) is 14.7. The highest BCUT2D eigenvalue weighted by molar-refractivity contribution is 5.70. The fourth-order valence-corrected chi connectivity index (χ4v) is 2.34. The molecule has 1 aliphatic rings. The highest BCUT2D eigenvalue weighted by Gasteiger charge is 2.28. The first-order valence-corrected chi connectivity index (χ1v) is 6.74. The molecule has 20 heavy (non-hydrogen) atoms. The summed E-state index contributed by atoms with van der Waals surface area (Å²) in [5.41, 5.74) is 8.27. The van der Waals surface area contributed by atoms with Gasteiger partial charge in [-0.3, -0.25) is 0 Å². The Hall–Kier alpha value is -1.91. The quantitative estimate of drug-likeness (QED) is 0.802. The number of amides is 1. The van der Waals surface area contributed by atoms with Crippen LogP contribution >= 0.6 is 0 Å². The van der Waals surface area contributed by atoms with E-state index in [0.29, 0.717) is 18.8 Å². The molecule has 2 N–H and O–H groups in total. The van der Waals surface area contributed by atoms with E-state index in [1.54, 1.807) is 12.0 Å². The first kappa shape index (κ1) is 14.5. The van der Waals surface area contributed by atoms with E-state index in [4.69, 9.17) is 15.2 Å². The van der Waals surface area contributed by atoms with Gasteiger partial charge in [0.05, 0.1) is 13.7 Å². The molecule has 5 heteroatoms. The molecule has 0 bridgehead atoms. The minimum atomic E-state index is -0.489. The van der Waals surface area contributed by atoms with E-state index in [2.05, 4.69) is 0 Å². The van der Waals surface area contributed by atoms with E-state index in [0.717, 1.165) is 23.3 Å². The van der Waals surface area contributed by atoms with E-state index in [1.807, 2.05) is 32.9 Å². The topological polar surface area (TPSA) is 64.8 Å². The molecule has 0 radical (unpaired) electrons. The van der Waals surface area contributed by atoms with Gasteiger partial charge in [0.25, 0.3) is 0 Å². The van der Waals surface area contributed by atoms with Gasteiger partial charge in [0, 0.05) is 23.4 Å². The summed E-state index contributed by atoms with van der Waals surface area (Å²) in [5, 5.41) is 0. The van der Waals surface area contributed by atoms with Gasteiger partial charge in [0.15, 0.2) is 0 Å². The predicted molar refractivity (Wildman–Crippen MR) is 77.8 cm³/mol. The van der Waals surface area contributed by atoms with Crippen molar-refractivity contribution in [1.82, 2.24) is 4.90 Å². The van der Waals surface area contributed by atoms with Crippen molar-refractivity contribution in [2.45, 2.75) is 39.3 Å². The maximum atomic E-state index is 12.1. The molecule has 0 aromatic heterocycles. The van der Waals surface area contributed by atoms with Gasteiger partial charge >= 0.3 is 6.09 Å². The van der Waals surface area contributed by atoms with Gasteiger partial charge in [-0.2, -0.15) is 0 Å². The number of ether oxygens (including phenoxy) is 2. The number of benzene rings is 1.